The van der Waals surface area contributed by atoms with E-state index in [1.54, 1.807) is 0 Å². The van der Waals surface area contributed by atoms with Crippen LogP contribution in [-0.2, 0) is 6.42 Å². The van der Waals surface area contributed by atoms with Crippen molar-refractivity contribution in [1.29, 1.82) is 0 Å². The maximum atomic E-state index is 5.52. The minimum Gasteiger partial charge on any atom is -0.399 e. The van der Waals surface area contributed by atoms with E-state index < -0.39 is 0 Å². The Balaban J connectivity index is 0. The van der Waals surface area contributed by atoms with Gasteiger partial charge in [0.05, 0.1) is 0 Å². The lowest BCUT2D eigenvalue weighted by atomic mass is 10.1. The monoisotopic (exact) mass is 225 g/mol. The third-order valence-electron chi connectivity index (χ3n) is 1.52. The largest absolute Gasteiger partial charge is 0.399 e. The van der Waals surface area contributed by atoms with Crippen LogP contribution < -0.4 is 17.2 Å². The van der Waals surface area contributed by atoms with Crippen LogP contribution in [0.4, 0.5) is 5.69 Å². The predicted octanol–water partition coefficient (Wildman–Crippen LogP) is 2.15. The number of hydrogen-bond acceptors (Lipinski definition) is 3. The zero-order valence-corrected chi connectivity index (χ0v) is 10.9. The lowest BCUT2D eigenvalue weighted by molar-refractivity contribution is 0.922. The first-order valence-electron chi connectivity index (χ1n) is 5.90. The molecule has 0 fully saturated rings. The smallest absolute Gasteiger partial charge is 0.0314 e. The molecule has 3 nitrogen and oxygen atoms in total. The predicted molar refractivity (Wildman–Crippen MR) is 74.3 cm³/mol. The molecule has 0 aliphatic rings. The van der Waals surface area contributed by atoms with Crippen molar-refractivity contribution >= 4 is 5.69 Å². The van der Waals surface area contributed by atoms with Crippen molar-refractivity contribution in [2.75, 3.05) is 18.8 Å². The molecule has 1 aromatic carbocycles. The maximum absolute atomic E-state index is 5.52. The lowest BCUT2D eigenvalue weighted by Crippen LogP contribution is -1.87. The molecule has 6 N–H and O–H groups in total. The second kappa shape index (κ2) is 13.9. The summed E-state index contributed by atoms with van der Waals surface area (Å²) in [5, 5.41) is 0. The summed E-state index contributed by atoms with van der Waals surface area (Å²) in [6.07, 6.45) is 2.35. The van der Waals surface area contributed by atoms with Crippen molar-refractivity contribution in [3.05, 3.63) is 29.8 Å². The molecule has 94 valence electrons. The van der Waals surface area contributed by atoms with Crippen LogP contribution in [0.25, 0.3) is 0 Å². The van der Waals surface area contributed by atoms with Crippen LogP contribution in [0.5, 0.6) is 0 Å². The molecular weight excluding hydrogens is 198 g/mol. The molecule has 0 bridgehead atoms. The summed E-state index contributed by atoms with van der Waals surface area (Å²) in [6.45, 7) is 7.48. The van der Waals surface area contributed by atoms with E-state index in [4.69, 9.17) is 17.2 Å². The number of nitrogen functional groups attached to an aromatic ring is 1. The number of hydrogen-bond donors (Lipinski definition) is 3. The molecule has 0 saturated heterocycles. The fourth-order valence-electron chi connectivity index (χ4n) is 0.973. The third kappa shape index (κ3) is 12.9. The highest BCUT2D eigenvalue weighted by atomic mass is 14.5. The SMILES string of the molecule is CCCc1ccc(N)cc1.CCN.CCN. The zero-order valence-electron chi connectivity index (χ0n) is 10.9. The first kappa shape index (κ1) is 17.3. The number of aryl methyl sites for hydroxylation is 1. The number of benzene rings is 1. The Morgan fingerprint density at radius 1 is 0.875 bits per heavy atom. The van der Waals surface area contributed by atoms with E-state index in [2.05, 4.69) is 19.1 Å². The highest BCUT2D eigenvalue weighted by molar-refractivity contribution is 5.39. The average Bonchev–Trinajstić information content (AvgIpc) is 2.24. The number of rotatable bonds is 2. The molecule has 1 aromatic rings. The molecular formula is C13H27N3. The van der Waals surface area contributed by atoms with E-state index in [0.717, 1.165) is 25.2 Å². The topological polar surface area (TPSA) is 78.1 Å². The van der Waals surface area contributed by atoms with Crippen LogP contribution in [0.1, 0.15) is 32.8 Å². The van der Waals surface area contributed by atoms with E-state index in [9.17, 15) is 0 Å². The maximum Gasteiger partial charge on any atom is 0.0314 e. The van der Waals surface area contributed by atoms with E-state index in [1.807, 2.05) is 26.0 Å². The Bertz CT molecular complexity index is 217. The molecule has 3 heteroatoms. The second-order valence-corrected chi connectivity index (χ2v) is 3.31. The highest BCUT2D eigenvalue weighted by Gasteiger charge is 1.88. The Labute approximate surface area is 100 Å². The van der Waals surface area contributed by atoms with Gasteiger partial charge >= 0.3 is 0 Å². The van der Waals surface area contributed by atoms with Gasteiger partial charge in [0.2, 0.25) is 0 Å². The normalized spacial score (nSPS) is 8.31. The molecule has 0 spiro atoms. The molecule has 0 aliphatic carbocycles. The van der Waals surface area contributed by atoms with Gasteiger partial charge in [0, 0.05) is 5.69 Å². The first-order chi connectivity index (χ1) is 7.65. The molecule has 0 saturated carbocycles. The zero-order chi connectivity index (χ0) is 12.8. The average molecular weight is 225 g/mol. The first-order valence-corrected chi connectivity index (χ1v) is 5.90. The van der Waals surface area contributed by atoms with Gasteiger partial charge in [-0.1, -0.05) is 39.3 Å². The molecule has 0 radical (unpaired) electrons. The van der Waals surface area contributed by atoms with E-state index in [0.29, 0.717) is 0 Å². The van der Waals surface area contributed by atoms with Crippen LogP contribution in [0.3, 0.4) is 0 Å². The van der Waals surface area contributed by atoms with Gasteiger partial charge in [-0.15, -0.1) is 0 Å². The van der Waals surface area contributed by atoms with Crippen LogP contribution in [0.2, 0.25) is 0 Å². The van der Waals surface area contributed by atoms with Crippen molar-refractivity contribution in [3.8, 4) is 0 Å². The Kier molecular flexibility index (Phi) is 15.1. The van der Waals surface area contributed by atoms with Gasteiger partial charge in [-0.25, -0.2) is 0 Å². The molecule has 0 amide bonds. The quantitative estimate of drug-likeness (QED) is 0.675. The minimum atomic E-state index is 0.750. The van der Waals surface area contributed by atoms with Gasteiger partial charge in [0.15, 0.2) is 0 Å². The standard InChI is InChI=1S/C9H13N.2C2H7N/c1-2-3-8-4-6-9(10)7-5-8;2*1-2-3/h4-7H,2-3,10H2,1H3;2*2-3H2,1H3. The summed E-state index contributed by atoms with van der Waals surface area (Å²) in [7, 11) is 0. The van der Waals surface area contributed by atoms with E-state index in [-0.39, 0.29) is 0 Å². The Hall–Kier alpha value is -1.06. The summed E-state index contributed by atoms with van der Waals surface area (Å²) < 4.78 is 0. The van der Waals surface area contributed by atoms with E-state index in [1.165, 1.54) is 12.0 Å². The van der Waals surface area contributed by atoms with Gasteiger partial charge in [-0.05, 0) is 37.2 Å². The fourth-order valence-corrected chi connectivity index (χ4v) is 0.973. The van der Waals surface area contributed by atoms with Crippen molar-refractivity contribution in [1.82, 2.24) is 0 Å². The summed E-state index contributed by atoms with van der Waals surface area (Å²) in [5.74, 6) is 0. The highest BCUT2D eigenvalue weighted by Crippen LogP contribution is 2.06. The lowest BCUT2D eigenvalue weighted by Gasteiger charge is -1.97. The number of anilines is 1. The molecule has 0 heterocycles. The Morgan fingerprint density at radius 2 is 1.25 bits per heavy atom. The molecule has 0 unspecified atom stereocenters. The molecule has 0 aromatic heterocycles. The van der Waals surface area contributed by atoms with Crippen LogP contribution >= 0.6 is 0 Å². The third-order valence-corrected chi connectivity index (χ3v) is 1.52. The van der Waals surface area contributed by atoms with Gasteiger partial charge in [-0.2, -0.15) is 0 Å². The minimum absolute atomic E-state index is 0.750. The number of nitrogens with two attached hydrogens (primary N) is 3. The summed E-state index contributed by atoms with van der Waals surface area (Å²) in [5.41, 5.74) is 17.4. The van der Waals surface area contributed by atoms with Crippen LogP contribution in [0.15, 0.2) is 24.3 Å². The van der Waals surface area contributed by atoms with Gasteiger partial charge in [0.1, 0.15) is 0 Å². The van der Waals surface area contributed by atoms with Gasteiger partial charge < -0.3 is 17.2 Å². The van der Waals surface area contributed by atoms with Crippen LogP contribution in [0, 0.1) is 0 Å². The van der Waals surface area contributed by atoms with E-state index >= 15 is 0 Å². The second-order valence-electron chi connectivity index (χ2n) is 3.31. The van der Waals surface area contributed by atoms with Crippen molar-refractivity contribution < 1.29 is 0 Å². The Morgan fingerprint density at radius 3 is 1.56 bits per heavy atom. The molecule has 0 aliphatic heterocycles. The molecule has 1 rings (SSSR count). The molecule has 0 atom stereocenters. The molecule has 16 heavy (non-hydrogen) atoms. The van der Waals surface area contributed by atoms with Crippen LogP contribution in [-0.4, -0.2) is 13.1 Å². The van der Waals surface area contributed by atoms with Crippen molar-refractivity contribution in [2.45, 2.75) is 33.6 Å². The van der Waals surface area contributed by atoms with Crippen molar-refractivity contribution in [2.24, 2.45) is 11.5 Å². The van der Waals surface area contributed by atoms with Crippen molar-refractivity contribution in [3.63, 3.8) is 0 Å². The van der Waals surface area contributed by atoms with Gasteiger partial charge in [0.25, 0.3) is 0 Å². The summed E-state index contributed by atoms with van der Waals surface area (Å²) >= 11 is 0. The summed E-state index contributed by atoms with van der Waals surface area (Å²) in [6, 6.07) is 8.06. The summed E-state index contributed by atoms with van der Waals surface area (Å²) in [4.78, 5) is 0. The van der Waals surface area contributed by atoms with Gasteiger partial charge in [-0.3, -0.25) is 0 Å². The fraction of sp³-hybridized carbons (Fsp3) is 0.538.